The molecule has 134 valence electrons. The first-order chi connectivity index (χ1) is 12.4. The summed E-state index contributed by atoms with van der Waals surface area (Å²) in [4.78, 5) is 17.0. The largest absolute Gasteiger partial charge is 0.349 e. The number of halogens is 3. The molecule has 1 atom stereocenters. The Kier molecular flexibility index (Phi) is 5.56. The van der Waals surface area contributed by atoms with E-state index in [2.05, 4.69) is 15.6 Å². The third kappa shape index (κ3) is 3.88. The molecule has 1 unspecified atom stereocenters. The molecule has 0 saturated heterocycles. The quantitative estimate of drug-likeness (QED) is 0.324. The van der Waals surface area contributed by atoms with Gasteiger partial charge in [-0.3, -0.25) is 9.78 Å². The Morgan fingerprint density at radius 2 is 1.88 bits per heavy atom. The van der Waals surface area contributed by atoms with E-state index in [1.165, 1.54) is 6.20 Å². The molecule has 2 aromatic carbocycles. The second kappa shape index (κ2) is 7.70. The maximum absolute atomic E-state index is 12.8. The van der Waals surface area contributed by atoms with Gasteiger partial charge in [0.05, 0.1) is 21.3 Å². The molecule has 26 heavy (non-hydrogen) atoms. The van der Waals surface area contributed by atoms with Gasteiger partial charge in [0.25, 0.3) is 5.91 Å². The molecule has 0 aliphatic rings. The number of anilines is 1. The van der Waals surface area contributed by atoms with E-state index in [0.717, 1.165) is 10.8 Å². The first kappa shape index (κ1) is 18.8. The minimum atomic E-state index is -1.23. The lowest BCUT2D eigenvalue weighted by molar-refractivity contribution is 0.0933. The number of amides is 1. The summed E-state index contributed by atoms with van der Waals surface area (Å²) in [7, 11) is 0. The Labute approximate surface area is 166 Å². The number of carbonyl (C=O) groups excluding carboxylic acids is 1. The lowest BCUT2D eigenvalue weighted by atomic mass is 10.1. The Morgan fingerprint density at radius 1 is 1.12 bits per heavy atom. The predicted molar refractivity (Wildman–Crippen MR) is 108 cm³/mol. The van der Waals surface area contributed by atoms with Gasteiger partial charge in [0.2, 0.25) is 0 Å². The van der Waals surface area contributed by atoms with Gasteiger partial charge in [0.15, 0.2) is 5.12 Å². The normalized spacial score (nSPS) is 13.2. The van der Waals surface area contributed by atoms with Gasteiger partial charge in [0, 0.05) is 24.2 Å². The predicted octanol–water partition coefficient (Wildman–Crippen LogP) is 5.69. The fourth-order valence-corrected chi connectivity index (χ4v) is 3.10. The molecule has 0 fully saturated rings. The van der Waals surface area contributed by atoms with E-state index >= 15 is 0 Å². The van der Waals surface area contributed by atoms with Crippen LogP contribution in [0, 0.1) is 0 Å². The Bertz CT molecular complexity index is 958. The number of nitrogens with one attached hydrogen (secondary N) is 2. The zero-order valence-electron chi connectivity index (χ0n) is 13.9. The molecule has 1 aromatic heterocycles. The highest BCUT2D eigenvalue weighted by atomic mass is 35.5. The summed E-state index contributed by atoms with van der Waals surface area (Å²) in [5, 5.41) is 7.07. The number of benzene rings is 2. The number of alkyl halides is 1. The molecule has 0 aliphatic carbocycles. The molecule has 3 aromatic rings. The monoisotopic (exact) mass is 407 g/mol. The number of fused-ring (bicyclic) bond motifs is 1. The molecule has 2 N–H and O–H groups in total. The van der Waals surface area contributed by atoms with Crippen LogP contribution in [0.3, 0.4) is 0 Å². The molecule has 7 heteroatoms. The van der Waals surface area contributed by atoms with E-state index in [4.69, 9.17) is 34.8 Å². The first-order valence-corrected chi connectivity index (χ1v) is 9.13. The number of pyridine rings is 1. The molecule has 0 radical (unpaired) electrons. The van der Waals surface area contributed by atoms with Crippen molar-refractivity contribution in [3.05, 3.63) is 70.5 Å². The van der Waals surface area contributed by atoms with Crippen LogP contribution in [0.1, 0.15) is 23.7 Å². The Balaban J connectivity index is 1.89. The van der Waals surface area contributed by atoms with Crippen molar-refractivity contribution >= 4 is 57.2 Å². The summed E-state index contributed by atoms with van der Waals surface area (Å²) < 4.78 is 0. The maximum Gasteiger partial charge on any atom is 0.256 e. The molecule has 0 saturated carbocycles. The van der Waals surface area contributed by atoms with Crippen LogP contribution in [0.25, 0.3) is 10.8 Å². The molecule has 0 aliphatic heterocycles. The Morgan fingerprint density at radius 3 is 2.65 bits per heavy atom. The number of hydrogen-bond donors (Lipinski definition) is 2. The lowest BCUT2D eigenvalue weighted by Crippen LogP contribution is -2.49. The first-order valence-electron chi connectivity index (χ1n) is 8.00. The van der Waals surface area contributed by atoms with Gasteiger partial charge in [-0.25, -0.2) is 0 Å². The third-order valence-electron chi connectivity index (χ3n) is 4.00. The maximum atomic E-state index is 12.8. The van der Waals surface area contributed by atoms with Crippen LogP contribution in [0.2, 0.25) is 10.0 Å². The van der Waals surface area contributed by atoms with Crippen molar-refractivity contribution in [1.29, 1.82) is 0 Å². The van der Waals surface area contributed by atoms with Gasteiger partial charge in [-0.15, -0.1) is 0 Å². The molecule has 1 amide bonds. The number of carbonyl (C=O) groups is 1. The average Bonchev–Trinajstić information content (AvgIpc) is 2.65. The summed E-state index contributed by atoms with van der Waals surface area (Å²) in [5.74, 6) is -0.336. The van der Waals surface area contributed by atoms with Crippen LogP contribution in [-0.2, 0) is 0 Å². The number of nitrogens with zero attached hydrogens (tertiary/aromatic N) is 1. The van der Waals surface area contributed by atoms with Crippen LogP contribution in [0.4, 0.5) is 5.69 Å². The molecule has 4 nitrogen and oxygen atoms in total. The van der Waals surface area contributed by atoms with E-state index < -0.39 is 5.12 Å². The highest BCUT2D eigenvalue weighted by molar-refractivity contribution is 6.43. The van der Waals surface area contributed by atoms with Gasteiger partial charge in [-0.05, 0) is 17.5 Å². The zero-order valence-corrected chi connectivity index (χ0v) is 16.2. The summed E-state index contributed by atoms with van der Waals surface area (Å²) in [6, 6.07) is 12.7. The fourth-order valence-electron chi connectivity index (χ4n) is 2.57. The lowest BCUT2D eigenvalue weighted by Gasteiger charge is -2.30. The summed E-state index contributed by atoms with van der Waals surface area (Å²) >= 11 is 18.9. The van der Waals surface area contributed by atoms with Gasteiger partial charge in [0.1, 0.15) is 0 Å². The molecule has 0 spiro atoms. The van der Waals surface area contributed by atoms with Crippen LogP contribution in [-0.4, -0.2) is 16.0 Å². The van der Waals surface area contributed by atoms with Crippen molar-refractivity contribution in [3.63, 3.8) is 0 Å². The van der Waals surface area contributed by atoms with E-state index in [1.807, 2.05) is 31.2 Å². The zero-order chi connectivity index (χ0) is 18.7. The molecular formula is C19H16Cl3N3O. The summed E-state index contributed by atoms with van der Waals surface area (Å²) in [5.41, 5.74) is 0.980. The molecule has 3 rings (SSSR count). The molecular weight excluding hydrogens is 393 g/mol. The van der Waals surface area contributed by atoms with Gasteiger partial charge in [-0.1, -0.05) is 72.1 Å². The van der Waals surface area contributed by atoms with E-state index in [9.17, 15) is 4.79 Å². The van der Waals surface area contributed by atoms with Crippen LogP contribution in [0.15, 0.2) is 54.9 Å². The van der Waals surface area contributed by atoms with Crippen molar-refractivity contribution in [2.75, 3.05) is 5.32 Å². The minimum absolute atomic E-state index is 0.336. The van der Waals surface area contributed by atoms with Crippen molar-refractivity contribution in [2.45, 2.75) is 18.5 Å². The van der Waals surface area contributed by atoms with Crippen LogP contribution >= 0.6 is 34.8 Å². The van der Waals surface area contributed by atoms with Crippen molar-refractivity contribution in [2.24, 2.45) is 0 Å². The van der Waals surface area contributed by atoms with Gasteiger partial charge in [-0.2, -0.15) is 0 Å². The minimum Gasteiger partial charge on any atom is -0.349 e. The second-order valence-corrected chi connectivity index (χ2v) is 7.17. The standard InChI is InChI=1S/C19H16Cl3N3O/c1-2-19(22,24-16-9-5-8-15(20)17(16)21)25-18(26)14-11-23-10-12-6-3-4-7-13(12)14/h3-11,24H,2H2,1H3,(H,25,26). The van der Waals surface area contributed by atoms with Crippen molar-refractivity contribution < 1.29 is 4.79 Å². The molecule has 0 bridgehead atoms. The van der Waals surface area contributed by atoms with Crippen LogP contribution < -0.4 is 10.6 Å². The summed E-state index contributed by atoms with van der Waals surface area (Å²) in [6.07, 6.45) is 3.64. The van der Waals surface area contributed by atoms with Crippen molar-refractivity contribution in [3.8, 4) is 0 Å². The SMILES string of the molecule is CCC(Cl)(NC(=O)c1cncc2ccccc12)Nc1cccc(Cl)c1Cl. The number of hydrogen-bond acceptors (Lipinski definition) is 3. The topological polar surface area (TPSA) is 54.0 Å². The molecule has 1 heterocycles. The van der Waals surface area contributed by atoms with Crippen molar-refractivity contribution in [1.82, 2.24) is 10.3 Å². The smallest absolute Gasteiger partial charge is 0.256 e. The van der Waals surface area contributed by atoms with E-state index in [1.54, 1.807) is 24.4 Å². The van der Waals surface area contributed by atoms with E-state index in [0.29, 0.717) is 27.7 Å². The number of rotatable bonds is 5. The fraction of sp³-hybridized carbons (Fsp3) is 0.158. The summed E-state index contributed by atoms with van der Waals surface area (Å²) in [6.45, 7) is 1.85. The van der Waals surface area contributed by atoms with Gasteiger partial charge < -0.3 is 10.6 Å². The average molecular weight is 409 g/mol. The number of aromatic nitrogens is 1. The second-order valence-electron chi connectivity index (χ2n) is 5.74. The Hall–Kier alpha value is -2.01. The third-order valence-corrected chi connectivity index (χ3v) is 5.27. The van der Waals surface area contributed by atoms with E-state index in [-0.39, 0.29) is 5.91 Å². The highest BCUT2D eigenvalue weighted by Crippen LogP contribution is 2.33. The van der Waals surface area contributed by atoms with Gasteiger partial charge >= 0.3 is 0 Å². The van der Waals surface area contributed by atoms with Crippen LogP contribution in [0.5, 0.6) is 0 Å². The highest BCUT2D eigenvalue weighted by Gasteiger charge is 2.29.